The van der Waals surface area contributed by atoms with Crippen LogP contribution in [0, 0.1) is 0 Å². The summed E-state index contributed by atoms with van der Waals surface area (Å²) in [6.07, 6.45) is 2.32. The molecule has 1 saturated carbocycles. The van der Waals surface area contributed by atoms with E-state index in [0.717, 1.165) is 28.7 Å². The summed E-state index contributed by atoms with van der Waals surface area (Å²) in [5.74, 6) is 1.79. The molecule has 0 saturated heterocycles. The number of nitrogens with zero attached hydrogens (tertiary/aromatic N) is 2. The van der Waals surface area contributed by atoms with Crippen molar-refractivity contribution in [3.8, 4) is 11.5 Å². The second-order valence-corrected chi connectivity index (χ2v) is 4.79. The predicted molar refractivity (Wildman–Crippen MR) is 63.8 cm³/mol. The SMILES string of the molecule is Nc1c(Br)cccc1-c1nc(C2CC2)no1. The highest BCUT2D eigenvalue weighted by Crippen LogP contribution is 2.39. The molecule has 0 bridgehead atoms. The van der Waals surface area contributed by atoms with Gasteiger partial charge in [-0.1, -0.05) is 11.2 Å². The van der Waals surface area contributed by atoms with Crippen molar-refractivity contribution in [1.29, 1.82) is 0 Å². The minimum atomic E-state index is 0.492. The summed E-state index contributed by atoms with van der Waals surface area (Å²) in [5.41, 5.74) is 7.36. The van der Waals surface area contributed by atoms with Crippen molar-refractivity contribution >= 4 is 21.6 Å². The first-order valence-electron chi connectivity index (χ1n) is 5.13. The molecule has 16 heavy (non-hydrogen) atoms. The van der Waals surface area contributed by atoms with E-state index in [4.69, 9.17) is 10.3 Å². The van der Waals surface area contributed by atoms with Crippen molar-refractivity contribution < 1.29 is 4.52 Å². The van der Waals surface area contributed by atoms with Crippen molar-refractivity contribution in [1.82, 2.24) is 10.1 Å². The zero-order valence-electron chi connectivity index (χ0n) is 8.48. The Kier molecular flexibility index (Phi) is 2.21. The lowest BCUT2D eigenvalue weighted by molar-refractivity contribution is 0.423. The largest absolute Gasteiger partial charge is 0.397 e. The maximum absolute atomic E-state index is 5.94. The first-order chi connectivity index (χ1) is 7.75. The van der Waals surface area contributed by atoms with Gasteiger partial charge in [0.25, 0.3) is 5.89 Å². The summed E-state index contributed by atoms with van der Waals surface area (Å²) in [5, 5.41) is 3.97. The van der Waals surface area contributed by atoms with Crippen LogP contribution in [0.25, 0.3) is 11.5 Å². The average Bonchev–Trinajstić information content (AvgIpc) is 3.02. The van der Waals surface area contributed by atoms with E-state index >= 15 is 0 Å². The summed E-state index contributed by atoms with van der Waals surface area (Å²) in [7, 11) is 0. The van der Waals surface area contributed by atoms with Gasteiger partial charge in [-0.2, -0.15) is 4.98 Å². The number of anilines is 1. The van der Waals surface area contributed by atoms with Gasteiger partial charge in [-0.15, -0.1) is 0 Å². The molecule has 1 aliphatic rings. The van der Waals surface area contributed by atoms with Gasteiger partial charge in [0.2, 0.25) is 0 Å². The van der Waals surface area contributed by atoms with Crippen molar-refractivity contribution in [3.05, 3.63) is 28.5 Å². The van der Waals surface area contributed by atoms with Crippen LogP contribution in [-0.2, 0) is 0 Å². The zero-order valence-corrected chi connectivity index (χ0v) is 10.1. The van der Waals surface area contributed by atoms with E-state index in [1.807, 2.05) is 18.2 Å². The van der Waals surface area contributed by atoms with Gasteiger partial charge in [0.1, 0.15) is 0 Å². The molecule has 0 atom stereocenters. The molecule has 2 aromatic rings. The number of rotatable bonds is 2. The van der Waals surface area contributed by atoms with Gasteiger partial charge in [-0.05, 0) is 40.9 Å². The van der Waals surface area contributed by atoms with Crippen LogP contribution in [-0.4, -0.2) is 10.1 Å². The number of aromatic nitrogens is 2. The highest BCUT2D eigenvalue weighted by atomic mass is 79.9. The number of hydrogen-bond acceptors (Lipinski definition) is 4. The highest BCUT2D eigenvalue weighted by Gasteiger charge is 2.29. The lowest BCUT2D eigenvalue weighted by Crippen LogP contribution is -1.91. The molecule has 1 heterocycles. The Morgan fingerprint density at radius 3 is 2.94 bits per heavy atom. The molecule has 2 N–H and O–H groups in total. The van der Waals surface area contributed by atoms with E-state index in [-0.39, 0.29) is 0 Å². The summed E-state index contributed by atoms with van der Waals surface area (Å²) >= 11 is 3.38. The van der Waals surface area contributed by atoms with Crippen LogP contribution >= 0.6 is 15.9 Å². The van der Waals surface area contributed by atoms with Gasteiger partial charge in [0.05, 0.1) is 11.3 Å². The molecule has 1 aromatic carbocycles. The molecule has 1 aliphatic carbocycles. The molecule has 1 aromatic heterocycles. The average molecular weight is 280 g/mol. The molecule has 0 amide bonds. The maximum atomic E-state index is 5.94. The van der Waals surface area contributed by atoms with E-state index < -0.39 is 0 Å². The molecule has 3 rings (SSSR count). The number of benzene rings is 1. The molecular formula is C11H10BrN3O. The first kappa shape index (κ1) is 9.84. The number of para-hydroxylation sites is 1. The van der Waals surface area contributed by atoms with Crippen LogP contribution in [0.3, 0.4) is 0 Å². The van der Waals surface area contributed by atoms with Gasteiger partial charge in [0, 0.05) is 10.4 Å². The standard InChI is InChI=1S/C11H10BrN3O/c12-8-3-1-2-7(9(8)13)11-14-10(15-16-11)6-4-5-6/h1-3,6H,4-5,13H2. The predicted octanol–water partition coefficient (Wildman–Crippen LogP) is 2.96. The van der Waals surface area contributed by atoms with Gasteiger partial charge < -0.3 is 10.3 Å². The maximum Gasteiger partial charge on any atom is 0.260 e. The number of hydrogen-bond donors (Lipinski definition) is 1. The Labute approximate surface area is 101 Å². The summed E-state index contributed by atoms with van der Waals surface area (Å²) in [4.78, 5) is 4.37. The van der Waals surface area contributed by atoms with Crippen molar-refractivity contribution in [2.24, 2.45) is 0 Å². The molecule has 0 unspecified atom stereocenters. The fourth-order valence-electron chi connectivity index (χ4n) is 1.58. The van der Waals surface area contributed by atoms with Crippen LogP contribution in [0.1, 0.15) is 24.6 Å². The quantitative estimate of drug-likeness (QED) is 0.859. The van der Waals surface area contributed by atoms with Crippen LogP contribution in [0.15, 0.2) is 27.2 Å². The molecule has 0 spiro atoms. The number of nitrogens with two attached hydrogens (primary N) is 1. The Morgan fingerprint density at radius 1 is 1.38 bits per heavy atom. The number of halogens is 1. The van der Waals surface area contributed by atoms with E-state index in [1.165, 1.54) is 0 Å². The zero-order chi connectivity index (χ0) is 11.1. The fourth-order valence-corrected chi connectivity index (χ4v) is 1.94. The smallest absolute Gasteiger partial charge is 0.260 e. The van der Waals surface area contributed by atoms with Crippen molar-refractivity contribution in [2.45, 2.75) is 18.8 Å². The van der Waals surface area contributed by atoms with Crippen molar-refractivity contribution in [2.75, 3.05) is 5.73 Å². The van der Waals surface area contributed by atoms with Crippen LogP contribution in [0.4, 0.5) is 5.69 Å². The van der Waals surface area contributed by atoms with E-state index in [9.17, 15) is 0 Å². The molecule has 0 radical (unpaired) electrons. The third kappa shape index (κ3) is 1.61. The van der Waals surface area contributed by atoms with Crippen molar-refractivity contribution in [3.63, 3.8) is 0 Å². The topological polar surface area (TPSA) is 64.9 Å². The Balaban J connectivity index is 2.03. The second kappa shape index (κ2) is 3.59. The normalized spacial score (nSPS) is 15.3. The molecule has 0 aliphatic heterocycles. The monoisotopic (exact) mass is 279 g/mol. The molecule has 82 valence electrons. The summed E-state index contributed by atoms with van der Waals surface area (Å²) < 4.78 is 6.07. The fraction of sp³-hybridized carbons (Fsp3) is 0.273. The molecule has 1 fully saturated rings. The Morgan fingerprint density at radius 2 is 2.19 bits per heavy atom. The van der Waals surface area contributed by atoms with E-state index in [1.54, 1.807) is 0 Å². The van der Waals surface area contributed by atoms with E-state index in [0.29, 0.717) is 17.5 Å². The van der Waals surface area contributed by atoms with Crippen LogP contribution < -0.4 is 5.73 Å². The lowest BCUT2D eigenvalue weighted by atomic mass is 10.2. The van der Waals surface area contributed by atoms with E-state index in [2.05, 4.69) is 26.1 Å². The van der Waals surface area contributed by atoms with Crippen LogP contribution in [0.5, 0.6) is 0 Å². The van der Waals surface area contributed by atoms with Gasteiger partial charge in [0.15, 0.2) is 5.82 Å². The molecule has 5 heteroatoms. The third-order valence-corrected chi connectivity index (χ3v) is 3.36. The van der Waals surface area contributed by atoms with Gasteiger partial charge in [-0.25, -0.2) is 0 Å². The lowest BCUT2D eigenvalue weighted by Gasteiger charge is -2.01. The second-order valence-electron chi connectivity index (χ2n) is 3.93. The minimum Gasteiger partial charge on any atom is -0.397 e. The van der Waals surface area contributed by atoms with Gasteiger partial charge >= 0.3 is 0 Å². The highest BCUT2D eigenvalue weighted by molar-refractivity contribution is 9.10. The van der Waals surface area contributed by atoms with Crippen LogP contribution in [0.2, 0.25) is 0 Å². The minimum absolute atomic E-state index is 0.492. The molecule has 4 nitrogen and oxygen atoms in total. The molecular weight excluding hydrogens is 270 g/mol. The summed E-state index contributed by atoms with van der Waals surface area (Å²) in [6, 6.07) is 5.66. The Bertz CT molecular complexity index is 534. The summed E-state index contributed by atoms with van der Waals surface area (Å²) in [6.45, 7) is 0. The third-order valence-electron chi connectivity index (χ3n) is 2.67. The van der Waals surface area contributed by atoms with Gasteiger partial charge in [-0.3, -0.25) is 0 Å². The first-order valence-corrected chi connectivity index (χ1v) is 5.93. The Hall–Kier alpha value is -1.36. The number of nitrogen functional groups attached to an aromatic ring is 1.